The number of aryl methyl sites for hydroxylation is 1. The first-order chi connectivity index (χ1) is 10.2. The third-order valence-electron chi connectivity index (χ3n) is 3.53. The normalized spacial score (nSPS) is 10.4. The minimum Gasteiger partial charge on any atom is -0.370 e. The summed E-state index contributed by atoms with van der Waals surface area (Å²) >= 11 is 0. The average Bonchev–Trinajstić information content (AvgIpc) is 2.52. The Balaban J connectivity index is 2.09. The first kappa shape index (κ1) is 15.4. The molecule has 0 aliphatic carbocycles. The Bertz CT molecular complexity index is 549. The number of pyridine rings is 1. The van der Waals surface area contributed by atoms with Crippen LogP contribution < -0.4 is 10.2 Å². The van der Waals surface area contributed by atoms with Crippen molar-refractivity contribution in [1.82, 2.24) is 4.98 Å². The van der Waals surface area contributed by atoms with Crippen molar-refractivity contribution >= 4 is 11.5 Å². The zero-order valence-corrected chi connectivity index (χ0v) is 13.3. The van der Waals surface area contributed by atoms with E-state index in [1.807, 2.05) is 6.20 Å². The molecule has 0 radical (unpaired) electrons. The second kappa shape index (κ2) is 7.67. The van der Waals surface area contributed by atoms with E-state index in [-0.39, 0.29) is 0 Å². The van der Waals surface area contributed by atoms with Gasteiger partial charge in [-0.25, -0.2) is 4.98 Å². The van der Waals surface area contributed by atoms with E-state index < -0.39 is 0 Å². The number of nitrogens with zero attached hydrogens (tertiary/aromatic N) is 2. The summed E-state index contributed by atoms with van der Waals surface area (Å²) in [5, 5.41) is 3.34. The van der Waals surface area contributed by atoms with Crippen LogP contribution in [0.25, 0.3) is 0 Å². The van der Waals surface area contributed by atoms with Crippen molar-refractivity contribution in [2.24, 2.45) is 0 Å². The first-order valence-electron chi connectivity index (χ1n) is 7.73. The molecule has 0 aliphatic heterocycles. The second-order valence-corrected chi connectivity index (χ2v) is 5.33. The zero-order valence-electron chi connectivity index (χ0n) is 13.3. The van der Waals surface area contributed by atoms with E-state index in [9.17, 15) is 0 Å². The molecule has 0 unspecified atom stereocenters. The lowest BCUT2D eigenvalue weighted by atomic mass is 10.2. The maximum Gasteiger partial charge on any atom is 0.126 e. The van der Waals surface area contributed by atoms with Crippen LogP contribution in [0.1, 0.15) is 31.4 Å². The fourth-order valence-electron chi connectivity index (χ4n) is 2.28. The van der Waals surface area contributed by atoms with Crippen LogP contribution in [0.4, 0.5) is 11.5 Å². The van der Waals surface area contributed by atoms with Gasteiger partial charge in [0.05, 0.1) is 0 Å². The van der Waals surface area contributed by atoms with Crippen LogP contribution in [0, 0.1) is 6.92 Å². The smallest absolute Gasteiger partial charge is 0.126 e. The van der Waals surface area contributed by atoms with Crippen molar-refractivity contribution in [3.05, 3.63) is 53.7 Å². The Morgan fingerprint density at radius 1 is 1.10 bits per heavy atom. The largest absolute Gasteiger partial charge is 0.370 e. The maximum atomic E-state index is 4.36. The molecule has 0 saturated carbocycles. The molecule has 0 bridgehead atoms. The van der Waals surface area contributed by atoms with Crippen molar-refractivity contribution in [3.8, 4) is 0 Å². The molecule has 0 spiro atoms. The number of hydrogen-bond donors (Lipinski definition) is 1. The third kappa shape index (κ3) is 4.48. The molecule has 2 rings (SSSR count). The summed E-state index contributed by atoms with van der Waals surface area (Å²) in [7, 11) is 0. The van der Waals surface area contributed by atoms with Gasteiger partial charge in [-0.05, 0) is 50.1 Å². The fourth-order valence-corrected chi connectivity index (χ4v) is 2.28. The van der Waals surface area contributed by atoms with Crippen LogP contribution >= 0.6 is 0 Å². The van der Waals surface area contributed by atoms with Crippen molar-refractivity contribution < 1.29 is 0 Å². The Morgan fingerprint density at radius 2 is 1.86 bits per heavy atom. The molecule has 21 heavy (non-hydrogen) atoms. The summed E-state index contributed by atoms with van der Waals surface area (Å²) in [5.41, 5.74) is 3.85. The minimum absolute atomic E-state index is 0.906. The number of rotatable bonds is 7. The molecule has 1 heterocycles. The minimum atomic E-state index is 0.906. The van der Waals surface area contributed by atoms with Gasteiger partial charge in [0.1, 0.15) is 5.82 Å². The molecular formula is C18H25N3. The van der Waals surface area contributed by atoms with Crippen LogP contribution in [0.2, 0.25) is 0 Å². The highest BCUT2D eigenvalue weighted by Gasteiger charge is 2.06. The van der Waals surface area contributed by atoms with Crippen LogP contribution in [0.3, 0.4) is 0 Å². The maximum absolute atomic E-state index is 4.36. The lowest BCUT2D eigenvalue weighted by molar-refractivity contribution is 0.830. The molecule has 2 aromatic rings. The van der Waals surface area contributed by atoms with Crippen LogP contribution in [0.15, 0.2) is 42.6 Å². The Kier molecular flexibility index (Phi) is 5.61. The van der Waals surface area contributed by atoms with Gasteiger partial charge in [0.2, 0.25) is 0 Å². The molecule has 3 heteroatoms. The highest BCUT2D eigenvalue weighted by atomic mass is 15.1. The lowest BCUT2D eigenvalue weighted by Crippen LogP contribution is -2.22. The monoisotopic (exact) mass is 283 g/mol. The van der Waals surface area contributed by atoms with Crippen molar-refractivity contribution in [2.75, 3.05) is 23.3 Å². The summed E-state index contributed by atoms with van der Waals surface area (Å²) in [5.74, 6) is 0.967. The molecule has 0 atom stereocenters. The van der Waals surface area contributed by atoms with E-state index in [4.69, 9.17) is 0 Å². The first-order valence-corrected chi connectivity index (χ1v) is 7.73. The molecule has 112 valence electrons. The van der Waals surface area contributed by atoms with Gasteiger partial charge >= 0.3 is 0 Å². The van der Waals surface area contributed by atoms with Gasteiger partial charge in [0.25, 0.3) is 0 Å². The SMILES string of the molecule is CCCNc1cc(CN(CC)c2ccc(C)cc2)ccn1. The van der Waals surface area contributed by atoms with Gasteiger partial charge in [-0.3, -0.25) is 0 Å². The predicted octanol–water partition coefficient (Wildman–Crippen LogP) is 4.24. The summed E-state index contributed by atoms with van der Waals surface area (Å²) in [6.07, 6.45) is 2.99. The summed E-state index contributed by atoms with van der Waals surface area (Å²) < 4.78 is 0. The van der Waals surface area contributed by atoms with Gasteiger partial charge in [0.15, 0.2) is 0 Å². The molecule has 0 fully saturated rings. The van der Waals surface area contributed by atoms with Gasteiger partial charge in [-0.15, -0.1) is 0 Å². The van der Waals surface area contributed by atoms with E-state index in [2.05, 4.69) is 72.4 Å². The van der Waals surface area contributed by atoms with Crippen molar-refractivity contribution in [1.29, 1.82) is 0 Å². The molecule has 3 nitrogen and oxygen atoms in total. The summed E-state index contributed by atoms with van der Waals surface area (Å²) in [4.78, 5) is 6.74. The molecule has 0 amide bonds. The summed E-state index contributed by atoms with van der Waals surface area (Å²) in [6, 6.07) is 12.9. The van der Waals surface area contributed by atoms with Gasteiger partial charge in [-0.2, -0.15) is 0 Å². The van der Waals surface area contributed by atoms with Gasteiger partial charge in [-0.1, -0.05) is 24.6 Å². The number of nitrogens with one attached hydrogen (secondary N) is 1. The number of aromatic nitrogens is 1. The molecule has 0 aliphatic rings. The van der Waals surface area contributed by atoms with Crippen LogP contribution in [-0.2, 0) is 6.54 Å². The van der Waals surface area contributed by atoms with E-state index in [1.54, 1.807) is 0 Å². The highest BCUT2D eigenvalue weighted by molar-refractivity contribution is 5.48. The van der Waals surface area contributed by atoms with Gasteiger partial charge < -0.3 is 10.2 Å². The van der Waals surface area contributed by atoms with Crippen LogP contribution in [0.5, 0.6) is 0 Å². The molecule has 1 N–H and O–H groups in total. The van der Waals surface area contributed by atoms with E-state index >= 15 is 0 Å². The predicted molar refractivity (Wildman–Crippen MR) is 90.9 cm³/mol. The molecule has 1 aromatic heterocycles. The quantitative estimate of drug-likeness (QED) is 0.824. The lowest BCUT2D eigenvalue weighted by Gasteiger charge is -2.23. The number of anilines is 2. The van der Waals surface area contributed by atoms with Crippen LogP contribution in [-0.4, -0.2) is 18.1 Å². The number of hydrogen-bond acceptors (Lipinski definition) is 3. The Hall–Kier alpha value is -2.03. The van der Waals surface area contributed by atoms with E-state index in [0.29, 0.717) is 0 Å². The Morgan fingerprint density at radius 3 is 2.52 bits per heavy atom. The summed E-state index contributed by atoms with van der Waals surface area (Å²) in [6.45, 7) is 9.33. The molecule has 0 saturated heterocycles. The highest BCUT2D eigenvalue weighted by Crippen LogP contribution is 2.18. The van der Waals surface area contributed by atoms with Crippen molar-refractivity contribution in [3.63, 3.8) is 0 Å². The fraction of sp³-hybridized carbons (Fsp3) is 0.389. The third-order valence-corrected chi connectivity index (χ3v) is 3.53. The standard InChI is InChI=1S/C18H25N3/c1-4-11-19-18-13-16(10-12-20-18)14-21(5-2)17-8-6-15(3)7-9-17/h6-10,12-13H,4-5,11,14H2,1-3H3,(H,19,20). The van der Waals surface area contributed by atoms with E-state index in [0.717, 1.165) is 31.9 Å². The van der Waals surface area contributed by atoms with Gasteiger partial charge in [0, 0.05) is 31.5 Å². The average molecular weight is 283 g/mol. The second-order valence-electron chi connectivity index (χ2n) is 5.33. The zero-order chi connectivity index (χ0) is 15.1. The molecular weight excluding hydrogens is 258 g/mol. The molecule has 1 aromatic carbocycles. The Labute approximate surface area is 128 Å². The topological polar surface area (TPSA) is 28.2 Å². The number of benzene rings is 1. The van der Waals surface area contributed by atoms with E-state index in [1.165, 1.54) is 16.8 Å². The van der Waals surface area contributed by atoms with Crippen molar-refractivity contribution in [2.45, 2.75) is 33.7 Å².